The van der Waals surface area contributed by atoms with E-state index in [4.69, 9.17) is 0 Å². The summed E-state index contributed by atoms with van der Waals surface area (Å²) in [5, 5.41) is 0. The van der Waals surface area contributed by atoms with E-state index in [9.17, 15) is 0 Å². The quantitative estimate of drug-likeness (QED) is 0.685. The van der Waals surface area contributed by atoms with Gasteiger partial charge in [-0.25, -0.2) is 0 Å². The van der Waals surface area contributed by atoms with Crippen molar-refractivity contribution in [2.75, 3.05) is 0 Å². The standard InChI is InChI=1S/2C7H8Se.Cr/c2*1-8-7-5-3-2-4-6-7;/h2*2-6H,1H3;. The minimum atomic E-state index is 0. The molecule has 17 heavy (non-hydrogen) atoms. The first-order valence-corrected chi connectivity index (χ1v) is 10.2. The molecule has 90 valence electrons. The van der Waals surface area contributed by atoms with Crippen molar-refractivity contribution in [2.24, 2.45) is 0 Å². The molecular weight excluding hydrogens is 378 g/mol. The zero-order valence-corrected chi connectivity index (χ0v) is 14.7. The van der Waals surface area contributed by atoms with E-state index in [1.54, 1.807) is 0 Å². The molecule has 0 bridgehead atoms. The van der Waals surface area contributed by atoms with Gasteiger partial charge in [0.15, 0.2) is 0 Å². The summed E-state index contributed by atoms with van der Waals surface area (Å²) in [6.45, 7) is 0. The van der Waals surface area contributed by atoms with Crippen molar-refractivity contribution in [1.82, 2.24) is 0 Å². The minimum Gasteiger partial charge on any atom is 0 e. The van der Waals surface area contributed by atoms with Gasteiger partial charge in [0.1, 0.15) is 0 Å². The summed E-state index contributed by atoms with van der Waals surface area (Å²) < 4.78 is 2.94. The van der Waals surface area contributed by atoms with Crippen molar-refractivity contribution in [3.63, 3.8) is 0 Å². The van der Waals surface area contributed by atoms with Crippen LogP contribution in [-0.2, 0) is 17.4 Å². The predicted molar refractivity (Wildman–Crippen MR) is 75.4 cm³/mol. The van der Waals surface area contributed by atoms with Crippen LogP contribution in [0.15, 0.2) is 60.7 Å². The maximum atomic E-state index is 2.22. The van der Waals surface area contributed by atoms with Gasteiger partial charge in [0.05, 0.1) is 0 Å². The van der Waals surface area contributed by atoms with Gasteiger partial charge in [-0.3, -0.25) is 0 Å². The summed E-state index contributed by atoms with van der Waals surface area (Å²) in [4.78, 5) is 0. The normalized spacial score (nSPS) is 8.59. The van der Waals surface area contributed by atoms with Crippen LogP contribution in [-0.4, -0.2) is 29.9 Å². The summed E-state index contributed by atoms with van der Waals surface area (Å²) in [6, 6.07) is 21.1. The molecule has 0 radical (unpaired) electrons. The van der Waals surface area contributed by atoms with E-state index in [2.05, 4.69) is 72.3 Å². The van der Waals surface area contributed by atoms with Crippen molar-refractivity contribution < 1.29 is 17.4 Å². The largest absolute Gasteiger partial charge is 0 e. The average molecular weight is 394 g/mol. The van der Waals surface area contributed by atoms with Crippen molar-refractivity contribution in [3.8, 4) is 0 Å². The Hall–Kier alpha value is 0.0114. The molecule has 2 aromatic carbocycles. The second-order valence-electron chi connectivity index (χ2n) is 3.03. The molecule has 2 rings (SSSR count). The van der Waals surface area contributed by atoms with Crippen LogP contribution in [0.3, 0.4) is 0 Å². The Morgan fingerprint density at radius 1 is 0.588 bits per heavy atom. The molecular formula is C14H16CrSe2. The molecule has 0 aromatic heterocycles. The van der Waals surface area contributed by atoms with Crippen LogP contribution in [0.1, 0.15) is 0 Å². The van der Waals surface area contributed by atoms with E-state index in [0.717, 1.165) is 0 Å². The summed E-state index contributed by atoms with van der Waals surface area (Å²) in [5.74, 6) is 4.45. The monoisotopic (exact) mass is 396 g/mol. The summed E-state index contributed by atoms with van der Waals surface area (Å²) >= 11 is 1.34. The van der Waals surface area contributed by atoms with Crippen LogP contribution >= 0.6 is 0 Å². The van der Waals surface area contributed by atoms with E-state index in [1.165, 1.54) is 8.92 Å². The van der Waals surface area contributed by atoms with Gasteiger partial charge >= 0.3 is 111 Å². The summed E-state index contributed by atoms with van der Waals surface area (Å²) in [7, 11) is 0. The predicted octanol–water partition coefficient (Wildman–Crippen LogP) is 2.13. The second-order valence-corrected chi connectivity index (χ2v) is 6.73. The van der Waals surface area contributed by atoms with Gasteiger partial charge in [-0.2, -0.15) is 0 Å². The molecule has 2 aromatic rings. The molecule has 0 spiro atoms. The molecule has 0 amide bonds. The molecule has 0 saturated carbocycles. The SMILES string of the molecule is C[Se]c1ccccc1.C[Se]c1ccccc1.[Cr]. The third kappa shape index (κ3) is 7.85. The molecule has 0 unspecified atom stereocenters. The van der Waals surface area contributed by atoms with Gasteiger partial charge < -0.3 is 0 Å². The van der Waals surface area contributed by atoms with E-state index < -0.39 is 0 Å². The second kappa shape index (κ2) is 11.1. The maximum absolute atomic E-state index is 2.22. The topological polar surface area (TPSA) is 0 Å². The van der Waals surface area contributed by atoms with Gasteiger partial charge in [-0.05, 0) is 0 Å². The summed E-state index contributed by atoms with van der Waals surface area (Å²) in [5.41, 5.74) is 0. The third-order valence-electron chi connectivity index (χ3n) is 1.96. The van der Waals surface area contributed by atoms with Crippen LogP contribution in [0.2, 0.25) is 11.6 Å². The molecule has 0 aliphatic rings. The molecule has 0 aliphatic heterocycles. The maximum Gasteiger partial charge on any atom is 0 e. The van der Waals surface area contributed by atoms with Crippen LogP contribution < -0.4 is 8.92 Å². The van der Waals surface area contributed by atoms with E-state index >= 15 is 0 Å². The van der Waals surface area contributed by atoms with Crippen molar-refractivity contribution >= 4 is 38.8 Å². The first-order chi connectivity index (χ1) is 7.86. The fourth-order valence-electron chi connectivity index (χ4n) is 1.11. The van der Waals surface area contributed by atoms with Gasteiger partial charge in [-0.15, -0.1) is 0 Å². The number of hydrogen-bond donors (Lipinski definition) is 0. The first kappa shape index (κ1) is 17.0. The molecule has 0 aliphatic carbocycles. The van der Waals surface area contributed by atoms with Gasteiger partial charge in [0, 0.05) is 17.4 Å². The van der Waals surface area contributed by atoms with Crippen molar-refractivity contribution in [2.45, 2.75) is 11.6 Å². The van der Waals surface area contributed by atoms with E-state index in [1.807, 2.05) is 0 Å². The third-order valence-corrected chi connectivity index (χ3v) is 5.08. The van der Waals surface area contributed by atoms with E-state index in [0.29, 0.717) is 29.9 Å². The molecule has 0 fully saturated rings. The number of rotatable bonds is 2. The van der Waals surface area contributed by atoms with Gasteiger partial charge in [0.25, 0.3) is 0 Å². The Kier molecular flexibility index (Phi) is 11.1. The van der Waals surface area contributed by atoms with Crippen molar-refractivity contribution in [1.29, 1.82) is 0 Å². The Morgan fingerprint density at radius 3 is 1.06 bits per heavy atom. The fraction of sp³-hybridized carbons (Fsp3) is 0.143. The van der Waals surface area contributed by atoms with Crippen LogP contribution in [0.5, 0.6) is 0 Å². The summed E-state index contributed by atoms with van der Waals surface area (Å²) in [6.07, 6.45) is 0. The molecule has 0 heterocycles. The van der Waals surface area contributed by atoms with Crippen LogP contribution in [0.25, 0.3) is 0 Å². The Morgan fingerprint density at radius 2 is 0.882 bits per heavy atom. The van der Waals surface area contributed by atoms with Gasteiger partial charge in [-0.1, -0.05) is 0 Å². The molecule has 0 nitrogen and oxygen atoms in total. The Bertz CT molecular complexity index is 336. The molecule has 0 N–H and O–H groups in total. The van der Waals surface area contributed by atoms with Crippen LogP contribution in [0.4, 0.5) is 0 Å². The Balaban J connectivity index is 0.000000284. The molecule has 0 saturated heterocycles. The number of hydrogen-bond acceptors (Lipinski definition) is 0. The zero-order valence-electron chi connectivity index (χ0n) is 10.00. The first-order valence-electron chi connectivity index (χ1n) is 5.05. The minimum absolute atomic E-state index is 0. The number of benzene rings is 2. The fourth-order valence-corrected chi connectivity index (χ4v) is 2.91. The molecule has 0 atom stereocenters. The average Bonchev–Trinajstić information content (AvgIpc) is 2.41. The van der Waals surface area contributed by atoms with E-state index in [-0.39, 0.29) is 17.4 Å². The smallest absolute Gasteiger partial charge is 0 e. The van der Waals surface area contributed by atoms with Gasteiger partial charge in [0.2, 0.25) is 0 Å². The van der Waals surface area contributed by atoms with Crippen molar-refractivity contribution in [3.05, 3.63) is 60.7 Å². The Labute approximate surface area is 128 Å². The zero-order chi connectivity index (χ0) is 11.6. The van der Waals surface area contributed by atoms with Crippen LogP contribution in [0, 0.1) is 0 Å². The molecule has 3 heteroatoms.